The molecule has 0 aliphatic carbocycles. The fourth-order valence-electron chi connectivity index (χ4n) is 0.303. The third-order valence-corrected chi connectivity index (χ3v) is 0.860. The van der Waals surface area contributed by atoms with E-state index in [1.165, 1.54) is 7.11 Å². The first kappa shape index (κ1) is 19.6. The standard InChI is InChI=1S/C5H10O3.IO3.Na/c1-3-4(6)5(7)8-2;2-1(3)4;/h4,6H,3H2,1-2H3;;/q;-1;+1/t4-;;/m0../s1. The first-order valence-corrected chi connectivity index (χ1v) is 5.58. The molecule has 6 nitrogen and oxygen atoms in total. The van der Waals surface area contributed by atoms with Crippen molar-refractivity contribution in [2.24, 2.45) is 0 Å². The number of carbonyl (C=O) groups excluding carboxylic acids is 1. The van der Waals surface area contributed by atoms with E-state index in [9.17, 15) is 4.79 Å². The number of rotatable bonds is 2. The summed E-state index contributed by atoms with van der Waals surface area (Å²) in [5.41, 5.74) is 0. The zero-order valence-corrected chi connectivity index (χ0v) is 11.8. The first-order chi connectivity index (χ1) is 5.45. The van der Waals surface area contributed by atoms with Crippen LogP contribution in [0.2, 0.25) is 0 Å². The second-order valence-electron chi connectivity index (χ2n) is 1.64. The summed E-state index contributed by atoms with van der Waals surface area (Å²) < 4.78 is 29.9. The van der Waals surface area contributed by atoms with Crippen LogP contribution in [0.3, 0.4) is 0 Å². The minimum Gasteiger partial charge on any atom is -0.467 e. The Morgan fingerprint density at radius 1 is 1.54 bits per heavy atom. The van der Waals surface area contributed by atoms with Crippen molar-refractivity contribution in [3.05, 3.63) is 0 Å². The zero-order chi connectivity index (χ0) is 10.1. The molecular formula is C5H10INaO6. The van der Waals surface area contributed by atoms with E-state index in [0.29, 0.717) is 6.42 Å². The summed E-state index contributed by atoms with van der Waals surface area (Å²) in [6.45, 7) is 1.71. The Labute approximate surface area is 107 Å². The molecule has 8 heteroatoms. The summed E-state index contributed by atoms with van der Waals surface area (Å²) in [5.74, 6) is -0.563. The van der Waals surface area contributed by atoms with E-state index in [1.807, 2.05) is 0 Å². The Kier molecular flexibility index (Phi) is 19.6. The van der Waals surface area contributed by atoms with Crippen LogP contribution in [-0.4, -0.2) is 24.3 Å². The fourth-order valence-corrected chi connectivity index (χ4v) is 0.303. The van der Waals surface area contributed by atoms with E-state index in [0.717, 1.165) is 0 Å². The van der Waals surface area contributed by atoms with Crippen LogP contribution in [0.15, 0.2) is 0 Å². The number of hydrogen-bond donors (Lipinski definition) is 1. The van der Waals surface area contributed by atoms with Gasteiger partial charge in [0.15, 0.2) is 6.10 Å². The van der Waals surface area contributed by atoms with Gasteiger partial charge in [0.1, 0.15) is 0 Å². The van der Waals surface area contributed by atoms with Gasteiger partial charge in [0.25, 0.3) is 21.1 Å². The minimum atomic E-state index is -4.01. The molecule has 0 heterocycles. The molecule has 0 aliphatic rings. The number of aliphatic hydroxyl groups is 1. The van der Waals surface area contributed by atoms with Crippen LogP contribution in [0.4, 0.5) is 0 Å². The van der Waals surface area contributed by atoms with Gasteiger partial charge in [-0.25, -0.2) is 4.79 Å². The summed E-state index contributed by atoms with van der Waals surface area (Å²) in [4.78, 5) is 10.3. The average molecular weight is 316 g/mol. The van der Waals surface area contributed by atoms with E-state index in [4.69, 9.17) is 15.4 Å². The largest absolute Gasteiger partial charge is 1.00 e. The van der Waals surface area contributed by atoms with Crippen molar-refractivity contribution in [2.45, 2.75) is 19.4 Å². The summed E-state index contributed by atoms with van der Waals surface area (Å²) in [7, 11) is 1.25. The number of esters is 1. The van der Waals surface area contributed by atoms with Crippen LogP contribution in [0.1, 0.15) is 13.3 Å². The molecule has 0 aromatic heterocycles. The topological polar surface area (TPSA) is 116 Å². The van der Waals surface area contributed by atoms with Gasteiger partial charge in [0.05, 0.1) is 7.11 Å². The Morgan fingerprint density at radius 2 is 1.85 bits per heavy atom. The molecule has 0 unspecified atom stereocenters. The molecule has 13 heavy (non-hydrogen) atoms. The summed E-state index contributed by atoms with van der Waals surface area (Å²) in [6, 6.07) is 0. The summed E-state index contributed by atoms with van der Waals surface area (Å²) >= 11 is -4.01. The molecule has 0 spiro atoms. The first-order valence-electron chi connectivity index (χ1n) is 2.94. The molecule has 1 atom stereocenters. The molecule has 0 aromatic carbocycles. The number of carbonyl (C=O) groups is 1. The predicted molar refractivity (Wildman–Crippen MR) is 28.3 cm³/mol. The van der Waals surface area contributed by atoms with Crippen LogP contribution in [0.25, 0.3) is 0 Å². The molecule has 0 radical (unpaired) electrons. The van der Waals surface area contributed by atoms with E-state index in [1.54, 1.807) is 6.92 Å². The van der Waals surface area contributed by atoms with Gasteiger partial charge in [0, 0.05) is 0 Å². The van der Waals surface area contributed by atoms with Crippen molar-refractivity contribution >= 4 is 5.97 Å². The molecule has 0 fully saturated rings. The maximum atomic E-state index is 10.3. The maximum absolute atomic E-state index is 10.3. The minimum absolute atomic E-state index is 0. The molecule has 0 aromatic rings. The second kappa shape index (κ2) is 13.0. The van der Waals surface area contributed by atoms with E-state index >= 15 is 0 Å². The normalized spacial score (nSPS) is 10.7. The van der Waals surface area contributed by atoms with Crippen molar-refractivity contribution in [3.63, 3.8) is 0 Å². The van der Waals surface area contributed by atoms with Gasteiger partial charge in [-0.3, -0.25) is 0 Å². The third kappa shape index (κ3) is 19.4. The second-order valence-corrected chi connectivity index (χ2v) is 2.71. The van der Waals surface area contributed by atoms with Crippen LogP contribution < -0.4 is 60.9 Å². The van der Waals surface area contributed by atoms with Gasteiger partial charge in [0.2, 0.25) is 0 Å². The van der Waals surface area contributed by atoms with Crippen molar-refractivity contribution in [1.82, 2.24) is 0 Å². The molecule has 0 amide bonds. The van der Waals surface area contributed by atoms with Crippen molar-refractivity contribution in [3.8, 4) is 0 Å². The van der Waals surface area contributed by atoms with E-state index < -0.39 is 33.1 Å². The molecular weight excluding hydrogens is 306 g/mol. The van der Waals surface area contributed by atoms with Gasteiger partial charge in [-0.2, -0.15) is 0 Å². The van der Waals surface area contributed by atoms with Gasteiger partial charge in [-0.05, 0) is 6.42 Å². The van der Waals surface area contributed by atoms with Crippen LogP contribution in [0.5, 0.6) is 0 Å². The Balaban J connectivity index is -0.000000173. The molecule has 0 saturated carbocycles. The molecule has 0 aliphatic heterocycles. The number of methoxy groups -OCH3 is 1. The molecule has 0 rings (SSSR count). The quantitative estimate of drug-likeness (QED) is 0.307. The van der Waals surface area contributed by atoms with Crippen LogP contribution >= 0.6 is 0 Å². The number of halogens is 1. The number of ether oxygens (including phenoxy) is 1. The maximum Gasteiger partial charge on any atom is 1.00 e. The fraction of sp³-hybridized carbons (Fsp3) is 0.800. The average Bonchev–Trinajstić information content (AvgIpc) is 2.00. The Hall–Kier alpha value is 1.04. The van der Waals surface area contributed by atoms with Gasteiger partial charge >= 0.3 is 35.5 Å². The van der Waals surface area contributed by atoms with Crippen molar-refractivity contribution < 1.29 is 75.6 Å². The van der Waals surface area contributed by atoms with Crippen LogP contribution in [0, 0.1) is 0 Å². The molecule has 74 valence electrons. The predicted octanol–water partition coefficient (Wildman–Crippen LogP) is -9.63. The number of aliphatic hydroxyl groups excluding tert-OH is 1. The SMILES string of the molecule is CC[C@H](O)C(=O)OC.[Na+].[O-][I+2]([O-])[O-]. The van der Waals surface area contributed by atoms with Crippen LogP contribution in [-0.2, 0) is 9.53 Å². The zero-order valence-electron chi connectivity index (χ0n) is 7.65. The summed E-state index contributed by atoms with van der Waals surface area (Å²) in [5, 5.41) is 8.65. The Bertz CT molecular complexity index is 119. The van der Waals surface area contributed by atoms with Gasteiger partial charge in [-0.15, -0.1) is 0 Å². The molecule has 0 saturated heterocycles. The van der Waals surface area contributed by atoms with E-state index in [-0.39, 0.29) is 29.6 Å². The Morgan fingerprint density at radius 3 is 1.92 bits per heavy atom. The van der Waals surface area contributed by atoms with Crippen molar-refractivity contribution in [1.29, 1.82) is 0 Å². The molecule has 0 bridgehead atoms. The summed E-state index contributed by atoms with van der Waals surface area (Å²) in [6.07, 6.45) is -0.535. The van der Waals surface area contributed by atoms with E-state index in [2.05, 4.69) is 4.74 Å². The van der Waals surface area contributed by atoms with Gasteiger partial charge < -0.3 is 20.2 Å². The van der Waals surface area contributed by atoms with Gasteiger partial charge in [-0.1, -0.05) is 6.92 Å². The number of hydrogen-bond acceptors (Lipinski definition) is 6. The third-order valence-electron chi connectivity index (χ3n) is 0.860. The monoisotopic (exact) mass is 316 g/mol. The van der Waals surface area contributed by atoms with Crippen molar-refractivity contribution in [2.75, 3.05) is 7.11 Å². The molecule has 1 N–H and O–H groups in total. The smallest absolute Gasteiger partial charge is 0.467 e.